The predicted molar refractivity (Wildman–Crippen MR) is 78.3 cm³/mol. The van der Waals surface area contributed by atoms with Gasteiger partial charge in [-0.1, -0.05) is 29.8 Å². The minimum absolute atomic E-state index is 0.0735. The van der Waals surface area contributed by atoms with E-state index in [-0.39, 0.29) is 5.78 Å². The molecule has 18 heavy (non-hydrogen) atoms. The van der Waals surface area contributed by atoms with Gasteiger partial charge in [0.25, 0.3) is 0 Å². The number of hydrogen-bond acceptors (Lipinski definition) is 2. The number of ketones is 1. The lowest BCUT2D eigenvalue weighted by Crippen LogP contribution is -1.92. The topological polar surface area (TPSA) is 17.1 Å². The summed E-state index contributed by atoms with van der Waals surface area (Å²) in [6.45, 7) is 6.24. The quantitative estimate of drug-likeness (QED) is 0.580. The molecule has 0 unspecified atom stereocenters. The monoisotopic (exact) mass is 256 g/mol. The number of thiophene rings is 1. The number of rotatable bonds is 3. The minimum atomic E-state index is 0.0735. The summed E-state index contributed by atoms with van der Waals surface area (Å²) in [7, 11) is 0. The van der Waals surface area contributed by atoms with Crippen molar-refractivity contribution in [2.24, 2.45) is 0 Å². The third kappa shape index (κ3) is 2.77. The van der Waals surface area contributed by atoms with Crippen LogP contribution in [0.1, 0.15) is 31.9 Å². The number of carbonyl (C=O) groups excluding carboxylic acids is 1. The summed E-state index contributed by atoms with van der Waals surface area (Å²) in [5.41, 5.74) is 4.82. The third-order valence-corrected chi connectivity index (χ3v) is 3.79. The Labute approximate surface area is 112 Å². The van der Waals surface area contributed by atoms with Crippen LogP contribution in [-0.2, 0) is 0 Å². The van der Waals surface area contributed by atoms with Crippen molar-refractivity contribution in [3.63, 3.8) is 0 Å². The van der Waals surface area contributed by atoms with E-state index in [1.165, 1.54) is 28.0 Å². The molecular weight excluding hydrogens is 240 g/mol. The van der Waals surface area contributed by atoms with Crippen molar-refractivity contribution >= 4 is 23.2 Å². The second-order valence-corrected chi connectivity index (χ2v) is 5.43. The molecule has 0 aliphatic carbocycles. The van der Waals surface area contributed by atoms with Crippen LogP contribution in [0.2, 0.25) is 0 Å². The SMILES string of the molecule is Cc1cc(C)c(C=CC(=O)c2cccs2)c(C)c1. The largest absolute Gasteiger partial charge is 0.288 e. The van der Waals surface area contributed by atoms with E-state index in [2.05, 4.69) is 32.9 Å². The molecule has 2 rings (SSSR count). The molecule has 0 aliphatic rings. The lowest BCUT2D eigenvalue weighted by molar-refractivity contribution is 0.105. The highest BCUT2D eigenvalue weighted by Gasteiger charge is 2.04. The van der Waals surface area contributed by atoms with Gasteiger partial charge in [-0.2, -0.15) is 0 Å². The Morgan fingerprint density at radius 1 is 1.17 bits per heavy atom. The van der Waals surface area contributed by atoms with Gasteiger partial charge in [0.15, 0.2) is 5.78 Å². The molecule has 0 saturated carbocycles. The van der Waals surface area contributed by atoms with Gasteiger partial charge in [-0.3, -0.25) is 4.79 Å². The Morgan fingerprint density at radius 2 is 1.83 bits per heavy atom. The highest BCUT2D eigenvalue weighted by Crippen LogP contribution is 2.18. The van der Waals surface area contributed by atoms with Crippen molar-refractivity contribution in [1.82, 2.24) is 0 Å². The van der Waals surface area contributed by atoms with Crippen LogP contribution in [0.5, 0.6) is 0 Å². The summed E-state index contributed by atoms with van der Waals surface area (Å²) in [6.07, 6.45) is 3.59. The van der Waals surface area contributed by atoms with Crippen LogP contribution in [0.4, 0.5) is 0 Å². The zero-order valence-electron chi connectivity index (χ0n) is 10.9. The fourth-order valence-electron chi connectivity index (χ4n) is 2.11. The first-order chi connectivity index (χ1) is 8.58. The number of allylic oxidation sites excluding steroid dienone is 1. The maximum Gasteiger partial charge on any atom is 0.195 e. The molecular formula is C16H16OS. The molecule has 92 valence electrons. The molecule has 1 nitrogen and oxygen atoms in total. The van der Waals surface area contributed by atoms with Crippen LogP contribution >= 0.6 is 11.3 Å². The summed E-state index contributed by atoms with van der Waals surface area (Å²) < 4.78 is 0. The molecule has 0 amide bonds. The number of benzene rings is 1. The highest BCUT2D eigenvalue weighted by molar-refractivity contribution is 7.12. The van der Waals surface area contributed by atoms with Gasteiger partial charge in [0.1, 0.15) is 0 Å². The molecule has 0 bridgehead atoms. The van der Waals surface area contributed by atoms with Gasteiger partial charge in [-0.05, 0) is 55.0 Å². The van der Waals surface area contributed by atoms with Crippen LogP contribution in [0, 0.1) is 20.8 Å². The van der Waals surface area contributed by atoms with Crippen LogP contribution in [-0.4, -0.2) is 5.78 Å². The van der Waals surface area contributed by atoms with E-state index < -0.39 is 0 Å². The third-order valence-electron chi connectivity index (χ3n) is 2.90. The van der Waals surface area contributed by atoms with Crippen molar-refractivity contribution in [1.29, 1.82) is 0 Å². The molecule has 0 fully saturated rings. The Balaban J connectivity index is 2.27. The zero-order valence-corrected chi connectivity index (χ0v) is 11.7. The van der Waals surface area contributed by atoms with Gasteiger partial charge in [-0.25, -0.2) is 0 Å². The number of hydrogen-bond donors (Lipinski definition) is 0. The Kier molecular flexibility index (Phi) is 3.78. The lowest BCUT2D eigenvalue weighted by atomic mass is 9.99. The standard InChI is InChI=1S/C16H16OS/c1-11-9-12(2)14(13(3)10-11)6-7-15(17)16-5-4-8-18-16/h4-10H,1-3H3. The van der Waals surface area contributed by atoms with Gasteiger partial charge in [0.05, 0.1) is 4.88 Å². The number of aryl methyl sites for hydroxylation is 3. The summed E-state index contributed by atoms with van der Waals surface area (Å²) in [6, 6.07) is 8.03. The fraction of sp³-hybridized carbons (Fsp3) is 0.188. The second-order valence-electron chi connectivity index (χ2n) is 4.49. The van der Waals surface area contributed by atoms with Crippen molar-refractivity contribution in [3.05, 3.63) is 62.9 Å². The summed E-state index contributed by atoms with van der Waals surface area (Å²) in [5.74, 6) is 0.0735. The van der Waals surface area contributed by atoms with Gasteiger partial charge in [0.2, 0.25) is 0 Å². The molecule has 0 N–H and O–H groups in total. The summed E-state index contributed by atoms with van der Waals surface area (Å²) >= 11 is 1.48. The van der Waals surface area contributed by atoms with Gasteiger partial charge in [-0.15, -0.1) is 11.3 Å². The molecule has 0 saturated heterocycles. The molecule has 0 aliphatic heterocycles. The van der Waals surface area contributed by atoms with E-state index in [4.69, 9.17) is 0 Å². The van der Waals surface area contributed by atoms with E-state index >= 15 is 0 Å². The summed E-state index contributed by atoms with van der Waals surface area (Å²) in [4.78, 5) is 12.7. The maximum absolute atomic E-state index is 11.9. The molecule has 2 aromatic rings. The first kappa shape index (κ1) is 12.8. The first-order valence-corrected chi connectivity index (χ1v) is 6.79. The van der Waals surface area contributed by atoms with Gasteiger partial charge >= 0.3 is 0 Å². The molecule has 0 atom stereocenters. The molecule has 1 aromatic carbocycles. The minimum Gasteiger partial charge on any atom is -0.288 e. The van der Waals surface area contributed by atoms with Crippen molar-refractivity contribution in [3.8, 4) is 0 Å². The van der Waals surface area contributed by atoms with E-state index in [0.717, 1.165) is 10.4 Å². The fourth-order valence-corrected chi connectivity index (χ4v) is 2.76. The molecule has 1 heterocycles. The zero-order chi connectivity index (χ0) is 13.1. The smallest absolute Gasteiger partial charge is 0.195 e. The second kappa shape index (κ2) is 5.32. The predicted octanol–water partition coefficient (Wildman–Crippen LogP) is 4.57. The van der Waals surface area contributed by atoms with Crippen LogP contribution in [0.25, 0.3) is 6.08 Å². The average molecular weight is 256 g/mol. The molecule has 0 spiro atoms. The maximum atomic E-state index is 11.9. The average Bonchev–Trinajstić information content (AvgIpc) is 2.80. The normalized spacial score (nSPS) is 11.1. The van der Waals surface area contributed by atoms with Crippen LogP contribution < -0.4 is 0 Å². The van der Waals surface area contributed by atoms with Gasteiger partial charge < -0.3 is 0 Å². The van der Waals surface area contributed by atoms with E-state index in [1.54, 1.807) is 6.08 Å². The summed E-state index contributed by atoms with van der Waals surface area (Å²) in [5, 5.41) is 1.92. The van der Waals surface area contributed by atoms with Crippen LogP contribution in [0.3, 0.4) is 0 Å². The van der Waals surface area contributed by atoms with E-state index in [0.29, 0.717) is 0 Å². The molecule has 2 heteroatoms. The number of carbonyl (C=O) groups is 1. The highest BCUT2D eigenvalue weighted by atomic mass is 32.1. The lowest BCUT2D eigenvalue weighted by Gasteiger charge is -2.06. The molecule has 0 radical (unpaired) electrons. The van der Waals surface area contributed by atoms with E-state index in [9.17, 15) is 4.79 Å². The van der Waals surface area contributed by atoms with Crippen molar-refractivity contribution in [2.75, 3.05) is 0 Å². The molecule has 1 aromatic heterocycles. The Morgan fingerprint density at radius 3 is 2.39 bits per heavy atom. The van der Waals surface area contributed by atoms with Crippen molar-refractivity contribution < 1.29 is 4.79 Å². The van der Waals surface area contributed by atoms with Crippen LogP contribution in [0.15, 0.2) is 35.7 Å². The van der Waals surface area contributed by atoms with Gasteiger partial charge in [0, 0.05) is 0 Å². The Hall–Kier alpha value is -1.67. The van der Waals surface area contributed by atoms with E-state index in [1.807, 2.05) is 23.6 Å². The Bertz CT molecular complexity index is 569. The first-order valence-electron chi connectivity index (χ1n) is 5.91. The van der Waals surface area contributed by atoms with Crippen molar-refractivity contribution in [2.45, 2.75) is 20.8 Å².